The van der Waals surface area contributed by atoms with Gasteiger partial charge in [0.2, 0.25) is 0 Å². The topological polar surface area (TPSA) is 0 Å². The lowest BCUT2D eigenvalue weighted by Crippen LogP contribution is -1.80. The van der Waals surface area contributed by atoms with E-state index in [1.165, 1.54) is 16.7 Å². The smallest absolute Gasteiger partial charge is 0.0396 e. The Morgan fingerprint density at radius 2 is 1.40 bits per heavy atom. The van der Waals surface area contributed by atoms with Crippen LogP contribution in [0.1, 0.15) is 42.0 Å². The molecule has 0 atom stereocenters. The van der Waals surface area contributed by atoms with Crippen molar-refractivity contribution in [2.24, 2.45) is 0 Å². The molecule has 0 aromatic carbocycles. The van der Waals surface area contributed by atoms with Gasteiger partial charge < -0.3 is 0 Å². The molecule has 0 N–H and O–H groups in total. The molecule has 0 rings (SSSR count). The quantitative estimate of drug-likeness (QED) is 0.484. The summed E-state index contributed by atoms with van der Waals surface area (Å²) < 4.78 is 0. The van der Waals surface area contributed by atoms with Gasteiger partial charge in [0.15, 0.2) is 0 Å². The molecule has 0 spiro atoms. The average Bonchev–Trinajstić information content (AvgIpc) is 1.84. The molecule has 60 valence electrons. The normalized spacial score (nSPS) is 10.3. The molecule has 0 amide bonds. The van der Waals surface area contributed by atoms with E-state index in [2.05, 4.69) is 40.7 Å². The molecule has 0 aliphatic heterocycles. The highest BCUT2D eigenvalue weighted by Gasteiger charge is 1.91. The summed E-state index contributed by atoms with van der Waals surface area (Å²) in [5, 5.41) is 0. The van der Waals surface area contributed by atoms with Crippen LogP contribution in [0.25, 0.3) is 0 Å². The van der Waals surface area contributed by atoms with Crippen LogP contribution in [0.2, 0.25) is 0 Å². The van der Waals surface area contributed by atoms with Crippen LogP contribution >= 0.6 is 0 Å². The SMILES string of the molecule is C.C/C=C(/C)C(C)=C(C)C. The van der Waals surface area contributed by atoms with Crippen LogP contribution in [0.3, 0.4) is 0 Å². The van der Waals surface area contributed by atoms with Crippen molar-refractivity contribution in [3.8, 4) is 0 Å². The molecule has 0 aromatic rings. The van der Waals surface area contributed by atoms with Gasteiger partial charge in [0.1, 0.15) is 0 Å². The minimum Gasteiger partial charge on any atom is -0.0845 e. The number of rotatable bonds is 1. The lowest BCUT2D eigenvalue weighted by molar-refractivity contribution is 1.22. The Balaban J connectivity index is 0. The molecule has 0 fully saturated rings. The summed E-state index contributed by atoms with van der Waals surface area (Å²) in [5.41, 5.74) is 4.21. The Bertz CT molecular complexity index is 143. The van der Waals surface area contributed by atoms with Crippen molar-refractivity contribution in [3.05, 3.63) is 22.8 Å². The molecule has 0 aromatic heterocycles. The minimum atomic E-state index is 0. The summed E-state index contributed by atoms with van der Waals surface area (Å²) in [4.78, 5) is 0. The predicted molar refractivity (Wildman–Crippen MR) is 50.2 cm³/mol. The standard InChI is InChI=1S/C9H16.CH4/c1-6-8(4)9(5)7(2)3;/h6H,1-5H3;1H4/b8-6-;. The molecule has 10 heavy (non-hydrogen) atoms. The largest absolute Gasteiger partial charge is 0.0845 e. The maximum Gasteiger partial charge on any atom is -0.0396 e. The number of allylic oxidation sites excluding steroid dienone is 4. The van der Waals surface area contributed by atoms with E-state index in [1.807, 2.05) is 0 Å². The maximum atomic E-state index is 2.16. The first-order chi connectivity index (χ1) is 4.09. The van der Waals surface area contributed by atoms with Crippen molar-refractivity contribution in [1.29, 1.82) is 0 Å². The van der Waals surface area contributed by atoms with Gasteiger partial charge in [0.25, 0.3) is 0 Å². The molecule has 0 saturated heterocycles. The van der Waals surface area contributed by atoms with Crippen molar-refractivity contribution in [2.75, 3.05) is 0 Å². The van der Waals surface area contributed by atoms with E-state index in [0.717, 1.165) is 0 Å². The second kappa shape index (κ2) is 5.28. The lowest BCUT2D eigenvalue weighted by Gasteiger charge is -2.01. The number of hydrogen-bond donors (Lipinski definition) is 0. The highest BCUT2D eigenvalue weighted by molar-refractivity contribution is 5.29. The van der Waals surface area contributed by atoms with E-state index in [-0.39, 0.29) is 7.43 Å². The van der Waals surface area contributed by atoms with Crippen molar-refractivity contribution in [1.82, 2.24) is 0 Å². The van der Waals surface area contributed by atoms with Gasteiger partial charge in [-0.15, -0.1) is 0 Å². The molecular formula is C10H20. The Kier molecular flexibility index (Phi) is 6.43. The highest BCUT2D eigenvalue weighted by atomic mass is 14.0. The van der Waals surface area contributed by atoms with Crippen LogP contribution in [-0.4, -0.2) is 0 Å². The Hall–Kier alpha value is -0.520. The molecule has 0 aliphatic carbocycles. The monoisotopic (exact) mass is 140 g/mol. The van der Waals surface area contributed by atoms with Crippen LogP contribution in [0.15, 0.2) is 22.8 Å². The zero-order chi connectivity index (χ0) is 7.44. The fourth-order valence-electron chi connectivity index (χ4n) is 0.611. The van der Waals surface area contributed by atoms with Gasteiger partial charge >= 0.3 is 0 Å². The molecule has 0 saturated carbocycles. The fraction of sp³-hybridized carbons (Fsp3) is 0.600. The molecular weight excluding hydrogens is 120 g/mol. The summed E-state index contributed by atoms with van der Waals surface area (Å²) in [6.45, 7) is 10.7. The van der Waals surface area contributed by atoms with Gasteiger partial charge in [-0.25, -0.2) is 0 Å². The second-order valence-corrected chi connectivity index (χ2v) is 2.60. The second-order valence-electron chi connectivity index (χ2n) is 2.60. The van der Waals surface area contributed by atoms with Gasteiger partial charge in [0.05, 0.1) is 0 Å². The predicted octanol–water partition coefficient (Wildman–Crippen LogP) is 3.95. The minimum absolute atomic E-state index is 0. The summed E-state index contributed by atoms with van der Waals surface area (Å²) >= 11 is 0. The van der Waals surface area contributed by atoms with E-state index in [1.54, 1.807) is 0 Å². The van der Waals surface area contributed by atoms with E-state index >= 15 is 0 Å². The lowest BCUT2D eigenvalue weighted by atomic mass is 10.1. The van der Waals surface area contributed by atoms with Crippen molar-refractivity contribution in [2.45, 2.75) is 42.0 Å². The summed E-state index contributed by atoms with van der Waals surface area (Å²) in [5.74, 6) is 0. The Morgan fingerprint density at radius 3 is 1.50 bits per heavy atom. The van der Waals surface area contributed by atoms with Gasteiger partial charge in [0, 0.05) is 0 Å². The first kappa shape index (κ1) is 12.2. The van der Waals surface area contributed by atoms with Crippen LogP contribution in [0, 0.1) is 0 Å². The van der Waals surface area contributed by atoms with Gasteiger partial charge in [-0.3, -0.25) is 0 Å². The average molecular weight is 140 g/mol. The molecule has 0 heteroatoms. The molecule has 0 unspecified atom stereocenters. The molecule has 0 aliphatic rings. The zero-order valence-corrected chi connectivity index (χ0v) is 7.08. The van der Waals surface area contributed by atoms with Crippen molar-refractivity contribution >= 4 is 0 Å². The molecule has 0 bridgehead atoms. The molecule has 0 radical (unpaired) electrons. The summed E-state index contributed by atoms with van der Waals surface area (Å²) in [6, 6.07) is 0. The molecule has 0 heterocycles. The van der Waals surface area contributed by atoms with Gasteiger partial charge in [-0.05, 0) is 40.2 Å². The first-order valence-electron chi connectivity index (χ1n) is 3.37. The van der Waals surface area contributed by atoms with E-state index in [0.29, 0.717) is 0 Å². The van der Waals surface area contributed by atoms with Crippen molar-refractivity contribution < 1.29 is 0 Å². The molecule has 0 nitrogen and oxygen atoms in total. The Labute approximate surface area is 65.7 Å². The van der Waals surface area contributed by atoms with Crippen LogP contribution < -0.4 is 0 Å². The third-order valence-electron chi connectivity index (χ3n) is 1.77. The van der Waals surface area contributed by atoms with Crippen LogP contribution in [-0.2, 0) is 0 Å². The third kappa shape index (κ3) is 3.49. The first-order valence-corrected chi connectivity index (χ1v) is 3.37. The zero-order valence-electron chi connectivity index (χ0n) is 7.08. The van der Waals surface area contributed by atoms with E-state index in [4.69, 9.17) is 0 Å². The fourth-order valence-corrected chi connectivity index (χ4v) is 0.611. The highest BCUT2D eigenvalue weighted by Crippen LogP contribution is 2.11. The number of hydrogen-bond acceptors (Lipinski definition) is 0. The Morgan fingerprint density at radius 1 is 1.00 bits per heavy atom. The van der Waals surface area contributed by atoms with E-state index in [9.17, 15) is 0 Å². The van der Waals surface area contributed by atoms with Crippen LogP contribution in [0.5, 0.6) is 0 Å². The van der Waals surface area contributed by atoms with Gasteiger partial charge in [-0.2, -0.15) is 0 Å². The van der Waals surface area contributed by atoms with Gasteiger partial charge in [-0.1, -0.05) is 24.6 Å². The van der Waals surface area contributed by atoms with E-state index < -0.39 is 0 Å². The van der Waals surface area contributed by atoms with Crippen LogP contribution in [0.4, 0.5) is 0 Å². The van der Waals surface area contributed by atoms with Crippen molar-refractivity contribution in [3.63, 3.8) is 0 Å². The summed E-state index contributed by atoms with van der Waals surface area (Å²) in [7, 11) is 0. The summed E-state index contributed by atoms with van der Waals surface area (Å²) in [6.07, 6.45) is 2.14. The third-order valence-corrected chi connectivity index (χ3v) is 1.77. The maximum absolute atomic E-state index is 2.16.